The monoisotopic (exact) mass is 320 g/mol. The van der Waals surface area contributed by atoms with Crippen LogP contribution >= 0.6 is 0 Å². The highest BCUT2D eigenvalue weighted by atomic mass is 19.3. The number of hydrogen-bond donors (Lipinski definition) is 1. The molecule has 0 bridgehead atoms. The van der Waals surface area contributed by atoms with Gasteiger partial charge in [0.1, 0.15) is 5.60 Å². The van der Waals surface area contributed by atoms with Crippen LogP contribution in [0.3, 0.4) is 0 Å². The molecule has 1 saturated heterocycles. The number of nitrogens with two attached hydrogens (primary N) is 1. The van der Waals surface area contributed by atoms with Gasteiger partial charge in [-0.3, -0.25) is 4.90 Å². The number of rotatable bonds is 1. The van der Waals surface area contributed by atoms with Crippen LogP contribution in [0.25, 0.3) is 0 Å². The molecule has 0 aromatic carbocycles. The number of hydrogen-bond acceptors (Lipinski definition) is 4. The van der Waals surface area contributed by atoms with Crippen LogP contribution in [0.2, 0.25) is 0 Å². The number of alkyl halides is 2. The molecule has 2 N–H and O–H groups in total. The van der Waals surface area contributed by atoms with Crippen molar-refractivity contribution in [1.82, 2.24) is 4.90 Å². The maximum Gasteiger partial charge on any atom is 0.410 e. The summed E-state index contributed by atoms with van der Waals surface area (Å²) >= 11 is 0. The Labute approximate surface area is 130 Å². The highest BCUT2D eigenvalue weighted by molar-refractivity contribution is 5.69. The molecule has 5 nitrogen and oxygen atoms in total. The summed E-state index contributed by atoms with van der Waals surface area (Å²) in [5, 5.41) is 0. The van der Waals surface area contributed by atoms with Crippen LogP contribution in [0.15, 0.2) is 0 Å². The Morgan fingerprint density at radius 1 is 1.27 bits per heavy atom. The summed E-state index contributed by atoms with van der Waals surface area (Å²) in [6, 6.07) is -0.424. The summed E-state index contributed by atoms with van der Waals surface area (Å²) in [5.41, 5.74) is 4.93. The molecule has 0 aromatic heterocycles. The van der Waals surface area contributed by atoms with E-state index in [1.54, 1.807) is 25.7 Å². The average Bonchev–Trinajstić information content (AvgIpc) is 2.41. The van der Waals surface area contributed by atoms with Crippen LogP contribution in [0.4, 0.5) is 13.6 Å². The van der Waals surface area contributed by atoms with Crippen molar-refractivity contribution in [1.29, 1.82) is 0 Å². The molecule has 2 aliphatic rings. The minimum atomic E-state index is -2.66. The Hall–Kier alpha value is -0.950. The van der Waals surface area contributed by atoms with Crippen molar-refractivity contribution in [3.8, 4) is 0 Å². The molecule has 1 saturated carbocycles. The number of nitrogens with zero attached hydrogens (tertiary/aromatic N) is 1. The van der Waals surface area contributed by atoms with Gasteiger partial charge in [0.15, 0.2) is 0 Å². The molecule has 1 unspecified atom stereocenters. The fourth-order valence-electron chi connectivity index (χ4n) is 3.03. The second-order valence-electron chi connectivity index (χ2n) is 7.35. The summed E-state index contributed by atoms with van der Waals surface area (Å²) in [5.74, 6) is -2.66. The van der Waals surface area contributed by atoms with Gasteiger partial charge in [0.05, 0.1) is 19.3 Å². The third kappa shape index (κ3) is 4.07. The Balaban J connectivity index is 2.11. The lowest BCUT2D eigenvalue weighted by molar-refractivity contribution is -0.0901. The van der Waals surface area contributed by atoms with Gasteiger partial charge in [0.25, 0.3) is 0 Å². The summed E-state index contributed by atoms with van der Waals surface area (Å²) in [4.78, 5) is 13.9. The Morgan fingerprint density at radius 3 is 2.41 bits per heavy atom. The van der Waals surface area contributed by atoms with Crippen molar-refractivity contribution in [2.75, 3.05) is 19.8 Å². The minimum absolute atomic E-state index is 0.174. The van der Waals surface area contributed by atoms with Gasteiger partial charge < -0.3 is 15.2 Å². The van der Waals surface area contributed by atoms with Crippen molar-refractivity contribution >= 4 is 6.09 Å². The van der Waals surface area contributed by atoms with Crippen LogP contribution in [-0.2, 0) is 9.47 Å². The molecular weight excluding hydrogens is 294 g/mol. The van der Waals surface area contributed by atoms with E-state index in [4.69, 9.17) is 15.2 Å². The number of morpholine rings is 1. The zero-order chi connectivity index (χ0) is 16.6. The normalized spacial score (nSPS) is 28.3. The van der Waals surface area contributed by atoms with E-state index in [0.717, 1.165) is 0 Å². The SMILES string of the molecule is CC(C)(C)OC(=O)N1CCOCC1C1(N)CCC(F)(F)CC1. The number of carbonyl (C=O) groups is 1. The van der Waals surface area contributed by atoms with Gasteiger partial charge in [0.2, 0.25) is 5.92 Å². The first-order chi connectivity index (χ1) is 10.0. The smallest absolute Gasteiger partial charge is 0.410 e. The van der Waals surface area contributed by atoms with Gasteiger partial charge in [-0.2, -0.15) is 0 Å². The fraction of sp³-hybridized carbons (Fsp3) is 0.933. The first-order valence-corrected chi connectivity index (χ1v) is 7.77. The molecule has 1 aliphatic carbocycles. The summed E-state index contributed by atoms with van der Waals surface area (Å²) in [6.45, 7) is 6.41. The quantitative estimate of drug-likeness (QED) is 0.806. The molecule has 0 aromatic rings. The second-order valence-corrected chi connectivity index (χ2v) is 7.35. The van der Waals surface area contributed by atoms with E-state index in [2.05, 4.69) is 0 Å². The van der Waals surface area contributed by atoms with E-state index < -0.39 is 29.2 Å². The molecule has 1 heterocycles. The van der Waals surface area contributed by atoms with Crippen molar-refractivity contribution in [2.24, 2.45) is 5.73 Å². The van der Waals surface area contributed by atoms with E-state index in [1.807, 2.05) is 0 Å². The zero-order valence-electron chi connectivity index (χ0n) is 13.5. The first-order valence-electron chi connectivity index (χ1n) is 7.77. The molecule has 2 rings (SSSR count). The molecule has 128 valence electrons. The molecule has 0 radical (unpaired) electrons. The highest BCUT2D eigenvalue weighted by Crippen LogP contribution is 2.40. The van der Waals surface area contributed by atoms with Crippen molar-refractivity contribution in [3.63, 3.8) is 0 Å². The van der Waals surface area contributed by atoms with E-state index in [-0.39, 0.29) is 32.3 Å². The van der Waals surface area contributed by atoms with Gasteiger partial charge in [-0.1, -0.05) is 0 Å². The van der Waals surface area contributed by atoms with Gasteiger partial charge in [-0.15, -0.1) is 0 Å². The summed E-state index contributed by atoms with van der Waals surface area (Å²) < 4.78 is 37.7. The predicted molar refractivity (Wildman–Crippen MR) is 77.9 cm³/mol. The highest BCUT2D eigenvalue weighted by Gasteiger charge is 2.49. The van der Waals surface area contributed by atoms with Crippen LogP contribution in [0, 0.1) is 0 Å². The third-order valence-corrected chi connectivity index (χ3v) is 4.33. The minimum Gasteiger partial charge on any atom is -0.444 e. The number of ether oxygens (including phenoxy) is 2. The molecule has 1 aliphatic heterocycles. The molecule has 1 atom stereocenters. The van der Waals surface area contributed by atoms with E-state index >= 15 is 0 Å². The van der Waals surface area contributed by atoms with Crippen molar-refractivity contribution in [3.05, 3.63) is 0 Å². The second kappa shape index (κ2) is 5.92. The van der Waals surface area contributed by atoms with Crippen LogP contribution in [-0.4, -0.2) is 53.9 Å². The van der Waals surface area contributed by atoms with Gasteiger partial charge in [-0.25, -0.2) is 13.6 Å². The lowest BCUT2D eigenvalue weighted by atomic mass is 9.75. The summed E-state index contributed by atoms with van der Waals surface area (Å²) in [7, 11) is 0. The van der Waals surface area contributed by atoms with Gasteiger partial charge >= 0.3 is 6.09 Å². The number of amides is 1. The van der Waals surface area contributed by atoms with Crippen LogP contribution < -0.4 is 5.73 Å². The van der Waals surface area contributed by atoms with Crippen molar-refractivity contribution < 1.29 is 23.0 Å². The maximum absolute atomic E-state index is 13.4. The lowest BCUT2D eigenvalue weighted by Gasteiger charge is -2.48. The molecule has 22 heavy (non-hydrogen) atoms. The zero-order valence-corrected chi connectivity index (χ0v) is 13.5. The number of carbonyl (C=O) groups excluding carboxylic acids is 1. The van der Waals surface area contributed by atoms with Crippen molar-refractivity contribution in [2.45, 2.75) is 69.6 Å². The van der Waals surface area contributed by atoms with E-state index in [9.17, 15) is 13.6 Å². The standard InChI is InChI=1S/C15H26F2N2O3/c1-13(2,3)22-12(20)19-8-9-21-10-11(19)14(18)4-6-15(16,17)7-5-14/h11H,4-10,18H2,1-3H3. The number of halogens is 2. The fourth-order valence-corrected chi connectivity index (χ4v) is 3.03. The Bertz CT molecular complexity index is 414. The topological polar surface area (TPSA) is 64.8 Å². The molecule has 7 heteroatoms. The first kappa shape index (κ1) is 17.4. The Morgan fingerprint density at radius 2 is 1.86 bits per heavy atom. The largest absolute Gasteiger partial charge is 0.444 e. The van der Waals surface area contributed by atoms with E-state index in [0.29, 0.717) is 13.2 Å². The Kier molecular flexibility index (Phi) is 4.69. The van der Waals surface area contributed by atoms with Gasteiger partial charge in [0, 0.05) is 24.9 Å². The van der Waals surface area contributed by atoms with Crippen LogP contribution in [0.1, 0.15) is 46.5 Å². The lowest BCUT2D eigenvalue weighted by Crippen LogP contribution is -2.66. The van der Waals surface area contributed by atoms with Crippen LogP contribution in [0.5, 0.6) is 0 Å². The molecular formula is C15H26F2N2O3. The third-order valence-electron chi connectivity index (χ3n) is 4.33. The van der Waals surface area contributed by atoms with Gasteiger partial charge in [-0.05, 0) is 33.6 Å². The molecule has 0 spiro atoms. The summed E-state index contributed by atoms with van der Waals surface area (Å²) in [6.07, 6.45) is -0.603. The van der Waals surface area contributed by atoms with E-state index in [1.165, 1.54) is 0 Å². The maximum atomic E-state index is 13.4. The predicted octanol–water partition coefficient (Wildman–Crippen LogP) is 2.53. The molecule has 1 amide bonds. The average molecular weight is 320 g/mol. The molecule has 2 fully saturated rings.